The van der Waals surface area contributed by atoms with E-state index in [1.54, 1.807) is 31.2 Å². The summed E-state index contributed by atoms with van der Waals surface area (Å²) in [5, 5.41) is 9.94. The fraction of sp³-hybridized carbons (Fsp3) is 0.364. The molecule has 88 valence electrons. The van der Waals surface area contributed by atoms with Crippen molar-refractivity contribution >= 4 is 6.09 Å². The monoisotopic (exact) mass is 225 g/mol. The number of para-hydroxylation sites is 1. The molecule has 0 fully saturated rings. The van der Waals surface area contributed by atoms with Crippen molar-refractivity contribution in [1.29, 1.82) is 0 Å². The van der Waals surface area contributed by atoms with Crippen molar-refractivity contribution in [3.8, 4) is 5.75 Å². The summed E-state index contributed by atoms with van der Waals surface area (Å²) in [6, 6.07) is 6.96. The number of aliphatic hydroxyl groups is 1. The lowest BCUT2D eigenvalue weighted by Gasteiger charge is -2.20. The molecule has 0 aliphatic carbocycles. The number of hydrogen-bond donors (Lipinski definition) is 2. The van der Waals surface area contributed by atoms with Gasteiger partial charge in [-0.25, -0.2) is 4.79 Å². The van der Waals surface area contributed by atoms with Crippen LogP contribution in [0.2, 0.25) is 0 Å². The lowest BCUT2D eigenvalue weighted by atomic mass is 10.0. The normalized spacial score (nSPS) is 13.9. The first-order chi connectivity index (χ1) is 7.56. The van der Waals surface area contributed by atoms with Crippen LogP contribution in [0.25, 0.3) is 0 Å². The van der Waals surface area contributed by atoms with E-state index in [1.807, 2.05) is 0 Å². The summed E-state index contributed by atoms with van der Waals surface area (Å²) < 4.78 is 9.79. The zero-order valence-corrected chi connectivity index (χ0v) is 9.21. The molecule has 1 aromatic carbocycles. The Labute approximate surface area is 93.8 Å². The predicted octanol–water partition coefficient (Wildman–Crippen LogP) is 1.21. The summed E-state index contributed by atoms with van der Waals surface area (Å²) in [4.78, 5) is 10.6. The third-order valence-electron chi connectivity index (χ3n) is 2.20. The molecular formula is C11H15NO4. The summed E-state index contributed by atoms with van der Waals surface area (Å²) in [6.07, 6.45) is -2.61. The minimum absolute atomic E-state index is 0.537. The Morgan fingerprint density at radius 3 is 2.62 bits per heavy atom. The van der Waals surface area contributed by atoms with Gasteiger partial charge in [0.15, 0.2) is 0 Å². The molecule has 0 radical (unpaired) electrons. The molecule has 3 N–H and O–H groups in total. The van der Waals surface area contributed by atoms with Gasteiger partial charge in [-0.1, -0.05) is 18.2 Å². The molecule has 0 aliphatic heterocycles. The highest BCUT2D eigenvalue weighted by Gasteiger charge is 2.22. The Balaban J connectivity index is 2.86. The van der Waals surface area contributed by atoms with Gasteiger partial charge in [-0.05, 0) is 13.0 Å². The van der Waals surface area contributed by atoms with E-state index >= 15 is 0 Å². The number of rotatable bonds is 4. The van der Waals surface area contributed by atoms with E-state index in [-0.39, 0.29) is 0 Å². The molecule has 16 heavy (non-hydrogen) atoms. The summed E-state index contributed by atoms with van der Waals surface area (Å²) in [7, 11) is 1.51. The number of carbonyl (C=O) groups is 1. The molecule has 0 aromatic heterocycles. The quantitative estimate of drug-likeness (QED) is 0.807. The minimum Gasteiger partial charge on any atom is -0.496 e. The number of hydrogen-bond acceptors (Lipinski definition) is 4. The average Bonchev–Trinajstić information content (AvgIpc) is 2.27. The van der Waals surface area contributed by atoms with Crippen molar-refractivity contribution in [3.05, 3.63) is 29.8 Å². The number of carbonyl (C=O) groups excluding carboxylic acids is 1. The molecule has 5 nitrogen and oxygen atoms in total. The summed E-state index contributed by atoms with van der Waals surface area (Å²) >= 11 is 0. The zero-order valence-electron chi connectivity index (χ0n) is 9.21. The Morgan fingerprint density at radius 1 is 1.44 bits per heavy atom. The Kier molecular flexibility index (Phi) is 4.13. The van der Waals surface area contributed by atoms with Gasteiger partial charge in [-0.15, -0.1) is 0 Å². The molecule has 0 spiro atoms. The van der Waals surface area contributed by atoms with Crippen LogP contribution >= 0.6 is 0 Å². The number of amides is 1. The SMILES string of the molecule is COc1ccccc1[C@H](O)[C@H](C)OC(N)=O. The van der Waals surface area contributed by atoms with Crippen molar-refractivity contribution in [1.82, 2.24) is 0 Å². The van der Waals surface area contributed by atoms with Crippen molar-refractivity contribution in [2.75, 3.05) is 7.11 Å². The first-order valence-electron chi connectivity index (χ1n) is 4.83. The second kappa shape index (κ2) is 5.37. The maximum atomic E-state index is 10.6. The highest BCUT2D eigenvalue weighted by molar-refractivity contribution is 5.64. The number of aliphatic hydroxyl groups excluding tert-OH is 1. The van der Waals surface area contributed by atoms with Crippen molar-refractivity contribution < 1.29 is 19.4 Å². The molecular weight excluding hydrogens is 210 g/mol. The third-order valence-corrected chi connectivity index (χ3v) is 2.20. The maximum absolute atomic E-state index is 10.6. The second-order valence-corrected chi connectivity index (χ2v) is 3.33. The van der Waals surface area contributed by atoms with Crippen molar-refractivity contribution in [2.24, 2.45) is 5.73 Å². The largest absolute Gasteiger partial charge is 0.496 e. The van der Waals surface area contributed by atoms with Crippen LogP contribution in [0.5, 0.6) is 5.75 Å². The first-order valence-corrected chi connectivity index (χ1v) is 4.83. The van der Waals surface area contributed by atoms with E-state index in [2.05, 4.69) is 0 Å². The lowest BCUT2D eigenvalue weighted by molar-refractivity contribution is 0.0146. The highest BCUT2D eigenvalue weighted by Crippen LogP contribution is 2.27. The van der Waals surface area contributed by atoms with Gasteiger partial charge in [0.2, 0.25) is 0 Å². The predicted molar refractivity (Wildman–Crippen MR) is 58.1 cm³/mol. The van der Waals surface area contributed by atoms with Crippen LogP contribution in [0, 0.1) is 0 Å². The Hall–Kier alpha value is -1.75. The minimum atomic E-state index is -0.969. The fourth-order valence-corrected chi connectivity index (χ4v) is 1.41. The summed E-state index contributed by atoms with van der Waals surface area (Å²) in [6.45, 7) is 1.56. The van der Waals surface area contributed by atoms with Crippen LogP contribution in [0.3, 0.4) is 0 Å². The molecule has 0 aliphatic rings. The number of methoxy groups -OCH3 is 1. The second-order valence-electron chi connectivity index (χ2n) is 3.33. The van der Waals surface area contributed by atoms with Crippen LogP contribution < -0.4 is 10.5 Å². The van der Waals surface area contributed by atoms with E-state index in [9.17, 15) is 9.90 Å². The Bertz CT molecular complexity index is 367. The molecule has 0 heterocycles. The number of nitrogens with two attached hydrogens (primary N) is 1. The highest BCUT2D eigenvalue weighted by atomic mass is 16.6. The van der Waals surface area contributed by atoms with E-state index in [4.69, 9.17) is 15.2 Å². The van der Waals surface area contributed by atoms with Gasteiger partial charge in [0.05, 0.1) is 7.11 Å². The smallest absolute Gasteiger partial charge is 0.404 e. The van der Waals surface area contributed by atoms with Crippen molar-refractivity contribution in [3.63, 3.8) is 0 Å². The molecule has 1 rings (SSSR count). The maximum Gasteiger partial charge on any atom is 0.404 e. The van der Waals surface area contributed by atoms with Gasteiger partial charge in [-0.3, -0.25) is 0 Å². The summed E-state index contributed by atoms with van der Waals surface area (Å²) in [5.74, 6) is 0.537. The summed E-state index contributed by atoms with van der Waals surface area (Å²) in [5.41, 5.74) is 5.43. The van der Waals surface area contributed by atoms with E-state index in [0.29, 0.717) is 11.3 Å². The van der Waals surface area contributed by atoms with E-state index in [0.717, 1.165) is 0 Å². The average molecular weight is 225 g/mol. The van der Waals surface area contributed by atoms with Gasteiger partial charge >= 0.3 is 6.09 Å². The molecule has 0 unspecified atom stereocenters. The van der Waals surface area contributed by atoms with Crippen molar-refractivity contribution in [2.45, 2.75) is 19.1 Å². The van der Waals surface area contributed by atoms with Gasteiger partial charge < -0.3 is 20.3 Å². The zero-order chi connectivity index (χ0) is 12.1. The molecule has 1 amide bonds. The number of primary amides is 1. The molecule has 0 saturated heterocycles. The molecule has 0 saturated carbocycles. The third kappa shape index (κ3) is 2.87. The first kappa shape index (κ1) is 12.3. The fourth-order valence-electron chi connectivity index (χ4n) is 1.41. The van der Waals surface area contributed by atoms with Gasteiger partial charge in [0.25, 0.3) is 0 Å². The number of ether oxygens (including phenoxy) is 2. The Morgan fingerprint density at radius 2 is 2.06 bits per heavy atom. The van der Waals surface area contributed by atoms with E-state index < -0.39 is 18.3 Å². The van der Waals surface area contributed by atoms with E-state index in [1.165, 1.54) is 7.11 Å². The topological polar surface area (TPSA) is 81.8 Å². The molecule has 2 atom stereocenters. The van der Waals surface area contributed by atoms with Crippen LogP contribution in [0.4, 0.5) is 4.79 Å². The van der Waals surface area contributed by atoms with Crippen LogP contribution in [0.15, 0.2) is 24.3 Å². The lowest BCUT2D eigenvalue weighted by Crippen LogP contribution is -2.26. The molecule has 0 bridgehead atoms. The van der Waals surface area contributed by atoms with Crippen LogP contribution in [0.1, 0.15) is 18.6 Å². The van der Waals surface area contributed by atoms with Gasteiger partial charge in [-0.2, -0.15) is 0 Å². The van der Waals surface area contributed by atoms with Gasteiger partial charge in [0.1, 0.15) is 18.0 Å². The molecule has 5 heteroatoms. The molecule has 1 aromatic rings. The standard InChI is InChI=1S/C11H15NO4/c1-7(16-11(12)14)10(13)8-5-3-4-6-9(8)15-2/h3-7,10,13H,1-2H3,(H2,12,14)/t7-,10+/m0/s1. The van der Waals surface area contributed by atoms with Crippen LogP contribution in [-0.2, 0) is 4.74 Å². The van der Waals surface area contributed by atoms with Crippen LogP contribution in [-0.4, -0.2) is 24.4 Å². The van der Waals surface area contributed by atoms with Gasteiger partial charge in [0, 0.05) is 5.56 Å². The number of benzene rings is 1.